The molecular formula is C17H19NO4S. The van der Waals surface area contributed by atoms with E-state index < -0.39 is 10.0 Å². The number of nitrogens with zero attached hydrogens (tertiary/aromatic N) is 1. The second-order valence-electron chi connectivity index (χ2n) is 5.80. The third kappa shape index (κ3) is 3.09. The molecule has 0 aliphatic carbocycles. The molecule has 0 radical (unpaired) electrons. The molecule has 0 amide bonds. The molecule has 0 unspecified atom stereocenters. The first-order valence-electron chi connectivity index (χ1n) is 7.69. The maximum absolute atomic E-state index is 12.8. The molecule has 1 aromatic carbocycles. The number of aldehydes is 1. The van der Waals surface area contributed by atoms with Gasteiger partial charge in [0.05, 0.1) is 4.90 Å². The van der Waals surface area contributed by atoms with E-state index in [1.165, 1.54) is 0 Å². The van der Waals surface area contributed by atoms with Crippen LogP contribution in [0.1, 0.15) is 36.7 Å². The largest absolute Gasteiger partial charge is 0.453 e. The first-order valence-corrected chi connectivity index (χ1v) is 9.13. The van der Waals surface area contributed by atoms with Gasteiger partial charge in [-0.05, 0) is 56.2 Å². The van der Waals surface area contributed by atoms with Gasteiger partial charge in [-0.15, -0.1) is 0 Å². The van der Waals surface area contributed by atoms with Gasteiger partial charge >= 0.3 is 0 Å². The van der Waals surface area contributed by atoms with Crippen LogP contribution in [0.5, 0.6) is 0 Å². The van der Waals surface area contributed by atoms with E-state index in [0.29, 0.717) is 18.6 Å². The highest BCUT2D eigenvalue weighted by atomic mass is 32.2. The summed E-state index contributed by atoms with van der Waals surface area (Å²) in [6.45, 7) is 2.53. The van der Waals surface area contributed by atoms with Crippen LogP contribution in [-0.4, -0.2) is 31.6 Å². The summed E-state index contributed by atoms with van der Waals surface area (Å²) >= 11 is 0. The van der Waals surface area contributed by atoms with Crippen LogP contribution in [0.4, 0.5) is 0 Å². The standard InChI is InChI=1S/C17H19NO4S/c1-13-4-2-3-11-18(13)23(20,21)16-8-5-14(6-9-16)17-10-7-15(12-19)22-17/h5-10,12-13H,2-4,11H2,1H3/t13-/m1/s1. The number of hydrogen-bond acceptors (Lipinski definition) is 4. The van der Waals surface area contributed by atoms with Crippen LogP contribution in [0, 0.1) is 0 Å². The lowest BCUT2D eigenvalue weighted by molar-refractivity contribution is 0.110. The van der Waals surface area contributed by atoms with Gasteiger partial charge in [-0.25, -0.2) is 8.42 Å². The van der Waals surface area contributed by atoms with Crippen molar-refractivity contribution in [2.24, 2.45) is 0 Å². The van der Waals surface area contributed by atoms with Crippen LogP contribution in [0.3, 0.4) is 0 Å². The molecule has 5 nitrogen and oxygen atoms in total. The van der Waals surface area contributed by atoms with Gasteiger partial charge in [0.2, 0.25) is 10.0 Å². The summed E-state index contributed by atoms with van der Waals surface area (Å²) in [7, 11) is -3.46. The Morgan fingerprint density at radius 1 is 1.13 bits per heavy atom. The number of rotatable bonds is 4. The van der Waals surface area contributed by atoms with Gasteiger partial charge in [0.1, 0.15) is 5.76 Å². The van der Waals surface area contributed by atoms with Crippen LogP contribution in [0.2, 0.25) is 0 Å². The summed E-state index contributed by atoms with van der Waals surface area (Å²) in [6, 6.07) is 9.91. The van der Waals surface area contributed by atoms with Crippen LogP contribution >= 0.6 is 0 Å². The highest BCUT2D eigenvalue weighted by Crippen LogP contribution is 2.27. The van der Waals surface area contributed by atoms with Crippen molar-refractivity contribution in [3.05, 3.63) is 42.2 Å². The molecule has 0 bridgehead atoms. The molecule has 1 aliphatic heterocycles. The lowest BCUT2D eigenvalue weighted by atomic mass is 10.1. The molecule has 1 atom stereocenters. The predicted molar refractivity (Wildman–Crippen MR) is 86.7 cm³/mol. The van der Waals surface area contributed by atoms with Crippen LogP contribution in [-0.2, 0) is 10.0 Å². The summed E-state index contributed by atoms with van der Waals surface area (Å²) in [6.07, 6.45) is 3.52. The molecule has 3 rings (SSSR count). The Hall–Kier alpha value is -1.92. The topological polar surface area (TPSA) is 67.6 Å². The molecule has 6 heteroatoms. The zero-order chi connectivity index (χ0) is 16.4. The molecular weight excluding hydrogens is 314 g/mol. The third-order valence-corrected chi connectivity index (χ3v) is 6.26. The van der Waals surface area contributed by atoms with Gasteiger partial charge in [0.25, 0.3) is 0 Å². The summed E-state index contributed by atoms with van der Waals surface area (Å²) in [5.74, 6) is 0.793. The van der Waals surface area contributed by atoms with Crippen molar-refractivity contribution in [3.63, 3.8) is 0 Å². The molecule has 1 saturated heterocycles. The second kappa shape index (κ2) is 6.29. The van der Waals surface area contributed by atoms with Crippen molar-refractivity contribution in [2.75, 3.05) is 6.54 Å². The Bertz CT molecular complexity index is 792. The molecule has 1 fully saturated rings. The van der Waals surface area contributed by atoms with E-state index in [2.05, 4.69) is 0 Å². The number of hydrogen-bond donors (Lipinski definition) is 0. The molecule has 0 saturated carbocycles. The van der Waals surface area contributed by atoms with Gasteiger partial charge in [0, 0.05) is 18.2 Å². The van der Waals surface area contributed by atoms with E-state index in [9.17, 15) is 13.2 Å². The summed E-state index contributed by atoms with van der Waals surface area (Å²) in [5.41, 5.74) is 0.740. The van der Waals surface area contributed by atoms with Crippen LogP contribution in [0.15, 0.2) is 45.7 Å². The highest BCUT2D eigenvalue weighted by Gasteiger charge is 2.30. The number of benzene rings is 1. The average Bonchev–Trinajstić information content (AvgIpc) is 3.04. The van der Waals surface area contributed by atoms with Gasteiger partial charge in [-0.1, -0.05) is 6.42 Å². The first kappa shape index (κ1) is 16.0. The normalized spacial score (nSPS) is 19.6. The summed E-state index contributed by atoms with van der Waals surface area (Å²) < 4.78 is 32.4. The van der Waals surface area contributed by atoms with Crippen molar-refractivity contribution in [1.82, 2.24) is 4.31 Å². The highest BCUT2D eigenvalue weighted by molar-refractivity contribution is 7.89. The third-order valence-electron chi connectivity index (χ3n) is 4.23. The minimum absolute atomic E-state index is 0.0358. The lowest BCUT2D eigenvalue weighted by Gasteiger charge is -2.32. The molecule has 0 N–H and O–H groups in total. The maximum atomic E-state index is 12.8. The number of sulfonamides is 1. The SMILES string of the molecule is C[C@@H]1CCCCN1S(=O)(=O)c1ccc(-c2ccc(C=O)o2)cc1. The van der Waals surface area contributed by atoms with E-state index in [1.807, 2.05) is 6.92 Å². The van der Waals surface area contributed by atoms with Crippen molar-refractivity contribution >= 4 is 16.3 Å². The van der Waals surface area contributed by atoms with Crippen LogP contribution < -0.4 is 0 Å². The molecule has 122 valence electrons. The van der Waals surface area contributed by atoms with Gasteiger partial charge < -0.3 is 4.42 Å². The van der Waals surface area contributed by atoms with Crippen molar-refractivity contribution in [2.45, 2.75) is 37.1 Å². The number of carbonyl (C=O) groups excluding carboxylic acids is 1. The van der Waals surface area contributed by atoms with Crippen molar-refractivity contribution in [3.8, 4) is 11.3 Å². The molecule has 2 aromatic rings. The molecule has 1 aromatic heterocycles. The summed E-state index contributed by atoms with van der Waals surface area (Å²) in [4.78, 5) is 11.0. The Kier molecular flexibility index (Phi) is 4.37. The number of furan rings is 1. The second-order valence-corrected chi connectivity index (χ2v) is 7.70. The Morgan fingerprint density at radius 2 is 1.87 bits per heavy atom. The maximum Gasteiger partial charge on any atom is 0.243 e. The predicted octanol–water partition coefficient (Wildman–Crippen LogP) is 3.32. The monoisotopic (exact) mass is 333 g/mol. The first-order chi connectivity index (χ1) is 11.0. The van der Waals surface area contributed by atoms with E-state index >= 15 is 0 Å². The van der Waals surface area contributed by atoms with Crippen LogP contribution in [0.25, 0.3) is 11.3 Å². The zero-order valence-electron chi connectivity index (χ0n) is 12.9. The number of carbonyl (C=O) groups is 1. The van der Waals surface area contributed by atoms with Gasteiger partial charge in [0.15, 0.2) is 12.0 Å². The molecule has 2 heterocycles. The fourth-order valence-corrected chi connectivity index (χ4v) is 4.63. The average molecular weight is 333 g/mol. The Balaban J connectivity index is 1.87. The lowest BCUT2D eigenvalue weighted by Crippen LogP contribution is -2.41. The Labute approximate surface area is 136 Å². The minimum Gasteiger partial charge on any atom is -0.453 e. The van der Waals surface area contributed by atoms with E-state index in [0.717, 1.165) is 24.8 Å². The summed E-state index contributed by atoms with van der Waals surface area (Å²) in [5, 5.41) is 0. The number of piperidine rings is 1. The van der Waals surface area contributed by atoms with Crippen molar-refractivity contribution < 1.29 is 17.6 Å². The molecule has 1 aliphatic rings. The Morgan fingerprint density at radius 3 is 2.48 bits per heavy atom. The molecule has 0 spiro atoms. The fraction of sp³-hybridized carbons (Fsp3) is 0.353. The van der Waals surface area contributed by atoms with E-state index in [4.69, 9.17) is 4.42 Å². The van der Waals surface area contributed by atoms with E-state index in [-0.39, 0.29) is 16.7 Å². The molecule has 23 heavy (non-hydrogen) atoms. The smallest absolute Gasteiger partial charge is 0.243 e. The minimum atomic E-state index is -3.46. The van der Waals surface area contributed by atoms with Crippen molar-refractivity contribution in [1.29, 1.82) is 0 Å². The zero-order valence-corrected chi connectivity index (χ0v) is 13.8. The van der Waals surface area contributed by atoms with E-state index in [1.54, 1.807) is 40.7 Å². The van der Waals surface area contributed by atoms with Gasteiger partial charge in [-0.3, -0.25) is 4.79 Å². The fourth-order valence-electron chi connectivity index (χ4n) is 2.93. The quantitative estimate of drug-likeness (QED) is 0.805. The van der Waals surface area contributed by atoms with Gasteiger partial charge in [-0.2, -0.15) is 4.31 Å².